The van der Waals surface area contributed by atoms with Crippen LogP contribution >= 0.6 is 0 Å². The molecule has 2 aromatic carbocycles. The van der Waals surface area contributed by atoms with E-state index in [-0.39, 0.29) is 24.2 Å². The van der Waals surface area contributed by atoms with Gasteiger partial charge in [-0.25, -0.2) is 4.39 Å². The molecular formula is C23H26FNO3. The maximum Gasteiger partial charge on any atom is 0.310 e. The topological polar surface area (TPSA) is 46.6 Å². The molecule has 0 N–H and O–H groups in total. The van der Waals surface area contributed by atoms with E-state index in [1.54, 1.807) is 30.0 Å². The second-order valence-electron chi connectivity index (χ2n) is 6.83. The highest BCUT2D eigenvalue weighted by Gasteiger charge is 2.20. The van der Waals surface area contributed by atoms with Crippen LogP contribution in [0.5, 0.6) is 0 Å². The molecule has 0 saturated carbocycles. The van der Waals surface area contributed by atoms with Crippen molar-refractivity contribution in [2.75, 3.05) is 20.2 Å². The number of rotatable bonds is 8. The third-order valence-corrected chi connectivity index (χ3v) is 4.49. The maximum atomic E-state index is 13.1. The zero-order valence-electron chi connectivity index (χ0n) is 16.5. The molecular weight excluding hydrogens is 357 g/mol. The molecule has 4 nitrogen and oxygen atoms in total. The van der Waals surface area contributed by atoms with Gasteiger partial charge in [-0.2, -0.15) is 0 Å². The molecule has 148 valence electrons. The molecule has 0 saturated heterocycles. The molecule has 5 heteroatoms. The average Bonchev–Trinajstić information content (AvgIpc) is 2.70. The number of benzene rings is 2. The quantitative estimate of drug-likeness (QED) is 0.511. The van der Waals surface area contributed by atoms with Crippen LogP contribution in [0.4, 0.5) is 4.39 Å². The molecule has 0 aliphatic carbocycles. The summed E-state index contributed by atoms with van der Waals surface area (Å²) in [7, 11) is 1.33. The first-order valence-corrected chi connectivity index (χ1v) is 9.25. The van der Waals surface area contributed by atoms with Crippen molar-refractivity contribution in [2.45, 2.75) is 20.3 Å². The monoisotopic (exact) mass is 383 g/mol. The highest BCUT2D eigenvalue weighted by molar-refractivity contribution is 5.92. The third kappa shape index (κ3) is 6.65. The lowest BCUT2D eigenvalue weighted by Gasteiger charge is -2.24. The molecule has 0 heterocycles. The van der Waals surface area contributed by atoms with Gasteiger partial charge in [0.1, 0.15) is 5.82 Å². The first-order chi connectivity index (χ1) is 13.4. The Hall–Kier alpha value is -2.95. The minimum Gasteiger partial charge on any atom is -0.469 e. The van der Waals surface area contributed by atoms with Crippen LogP contribution in [0.1, 0.15) is 23.6 Å². The minimum absolute atomic E-state index is 0.182. The van der Waals surface area contributed by atoms with Crippen LogP contribution in [-0.2, 0) is 20.7 Å². The van der Waals surface area contributed by atoms with Crippen molar-refractivity contribution in [2.24, 2.45) is 5.92 Å². The fourth-order valence-corrected chi connectivity index (χ4v) is 2.76. The number of ether oxygens (including phenoxy) is 1. The lowest BCUT2D eigenvalue weighted by Crippen LogP contribution is -2.37. The Morgan fingerprint density at radius 2 is 1.75 bits per heavy atom. The second-order valence-corrected chi connectivity index (χ2v) is 6.83. The van der Waals surface area contributed by atoms with Crippen LogP contribution in [0, 0.1) is 18.7 Å². The molecule has 0 fully saturated rings. The molecule has 1 atom stereocenters. The van der Waals surface area contributed by atoms with E-state index in [0.717, 1.165) is 16.7 Å². The SMILES string of the molecule is COC(=O)C(C)CN(CCc1ccc(F)cc1)C(=O)/C=C/c1ccc(C)cc1. The summed E-state index contributed by atoms with van der Waals surface area (Å²) < 4.78 is 17.8. The Bertz CT molecular complexity index is 813. The molecule has 1 amide bonds. The van der Waals surface area contributed by atoms with Crippen LogP contribution < -0.4 is 0 Å². The Balaban J connectivity index is 2.08. The van der Waals surface area contributed by atoms with E-state index in [1.807, 2.05) is 31.2 Å². The summed E-state index contributed by atoms with van der Waals surface area (Å²) in [5.41, 5.74) is 3.00. The first kappa shape index (κ1) is 21.4. The molecule has 0 aromatic heterocycles. The number of hydrogen-bond acceptors (Lipinski definition) is 3. The van der Waals surface area contributed by atoms with Gasteiger partial charge in [0.25, 0.3) is 0 Å². The van der Waals surface area contributed by atoms with E-state index >= 15 is 0 Å². The summed E-state index contributed by atoms with van der Waals surface area (Å²) in [6, 6.07) is 14.0. The smallest absolute Gasteiger partial charge is 0.310 e. The highest BCUT2D eigenvalue weighted by atomic mass is 19.1. The number of hydrogen-bond donors (Lipinski definition) is 0. The van der Waals surface area contributed by atoms with Gasteiger partial charge in [0.15, 0.2) is 0 Å². The van der Waals surface area contributed by atoms with Gasteiger partial charge in [0, 0.05) is 19.2 Å². The van der Waals surface area contributed by atoms with Crippen LogP contribution in [-0.4, -0.2) is 37.0 Å². The van der Waals surface area contributed by atoms with E-state index in [9.17, 15) is 14.0 Å². The van der Waals surface area contributed by atoms with Crippen molar-refractivity contribution >= 4 is 18.0 Å². The fraction of sp³-hybridized carbons (Fsp3) is 0.304. The van der Waals surface area contributed by atoms with Crippen molar-refractivity contribution in [1.82, 2.24) is 4.90 Å². The van der Waals surface area contributed by atoms with Crippen molar-refractivity contribution in [3.8, 4) is 0 Å². The fourth-order valence-electron chi connectivity index (χ4n) is 2.76. The molecule has 1 unspecified atom stereocenters. The number of carbonyl (C=O) groups excluding carboxylic acids is 2. The minimum atomic E-state index is -0.435. The van der Waals surface area contributed by atoms with Crippen LogP contribution in [0.3, 0.4) is 0 Å². The number of halogens is 1. The molecule has 2 aromatic rings. The summed E-state index contributed by atoms with van der Waals surface area (Å²) in [4.78, 5) is 26.1. The zero-order chi connectivity index (χ0) is 20.5. The number of aryl methyl sites for hydroxylation is 1. The Morgan fingerprint density at radius 1 is 1.11 bits per heavy atom. The first-order valence-electron chi connectivity index (χ1n) is 9.25. The highest BCUT2D eigenvalue weighted by Crippen LogP contribution is 2.10. The van der Waals surface area contributed by atoms with E-state index in [0.29, 0.717) is 13.0 Å². The average molecular weight is 383 g/mol. The largest absolute Gasteiger partial charge is 0.469 e. The third-order valence-electron chi connectivity index (χ3n) is 4.49. The van der Waals surface area contributed by atoms with Crippen molar-refractivity contribution in [3.63, 3.8) is 0 Å². The van der Waals surface area contributed by atoms with Gasteiger partial charge >= 0.3 is 5.97 Å². The number of carbonyl (C=O) groups is 2. The normalized spacial score (nSPS) is 12.0. The number of amides is 1. The molecule has 0 spiro atoms. The van der Waals surface area contributed by atoms with E-state index < -0.39 is 5.92 Å². The standard InChI is InChI=1S/C23H26FNO3/c1-17-4-6-19(7-5-17)10-13-22(26)25(16-18(2)23(27)28-3)15-14-20-8-11-21(24)12-9-20/h4-13,18H,14-16H2,1-3H3/b13-10+. The van der Waals surface area contributed by atoms with Gasteiger partial charge in [0.2, 0.25) is 5.91 Å². The summed E-state index contributed by atoms with van der Waals surface area (Å²) in [5, 5.41) is 0. The lowest BCUT2D eigenvalue weighted by atomic mass is 10.1. The van der Waals surface area contributed by atoms with E-state index in [4.69, 9.17) is 4.74 Å². The zero-order valence-corrected chi connectivity index (χ0v) is 16.5. The summed E-state index contributed by atoms with van der Waals surface area (Å²) in [6.45, 7) is 4.41. The van der Waals surface area contributed by atoms with Crippen molar-refractivity contribution in [1.29, 1.82) is 0 Å². The van der Waals surface area contributed by atoms with Gasteiger partial charge in [-0.05, 0) is 42.7 Å². The number of nitrogens with zero attached hydrogens (tertiary/aromatic N) is 1. The summed E-state index contributed by atoms with van der Waals surface area (Å²) in [5.74, 6) is -1.27. The lowest BCUT2D eigenvalue weighted by molar-refractivity contribution is -0.146. The summed E-state index contributed by atoms with van der Waals surface area (Å²) >= 11 is 0. The van der Waals surface area contributed by atoms with Crippen LogP contribution in [0.2, 0.25) is 0 Å². The second kappa shape index (κ2) is 10.4. The van der Waals surface area contributed by atoms with Gasteiger partial charge in [-0.1, -0.05) is 48.9 Å². The summed E-state index contributed by atoms with van der Waals surface area (Å²) in [6.07, 6.45) is 3.84. The van der Waals surface area contributed by atoms with Gasteiger partial charge in [-0.15, -0.1) is 0 Å². The van der Waals surface area contributed by atoms with Crippen molar-refractivity contribution < 1.29 is 18.7 Å². The predicted molar refractivity (Wildman–Crippen MR) is 108 cm³/mol. The van der Waals surface area contributed by atoms with Gasteiger partial charge < -0.3 is 9.64 Å². The number of methoxy groups -OCH3 is 1. The van der Waals surface area contributed by atoms with Crippen LogP contribution in [0.25, 0.3) is 6.08 Å². The molecule has 0 radical (unpaired) electrons. The molecule has 2 rings (SSSR count). The van der Waals surface area contributed by atoms with Gasteiger partial charge in [-0.3, -0.25) is 9.59 Å². The van der Waals surface area contributed by atoms with E-state index in [2.05, 4.69) is 0 Å². The number of esters is 1. The molecule has 0 aliphatic heterocycles. The molecule has 28 heavy (non-hydrogen) atoms. The van der Waals surface area contributed by atoms with E-state index in [1.165, 1.54) is 25.3 Å². The predicted octanol–water partition coefficient (Wildman–Crippen LogP) is 4.03. The Morgan fingerprint density at radius 3 is 2.36 bits per heavy atom. The van der Waals surface area contributed by atoms with Crippen LogP contribution in [0.15, 0.2) is 54.6 Å². The Kier molecular flexibility index (Phi) is 7.93. The van der Waals surface area contributed by atoms with Gasteiger partial charge in [0.05, 0.1) is 13.0 Å². The molecule has 0 aliphatic rings. The van der Waals surface area contributed by atoms with Crippen molar-refractivity contribution in [3.05, 3.63) is 77.1 Å². The molecule has 0 bridgehead atoms. The maximum absolute atomic E-state index is 13.1. The Labute approximate surface area is 165 Å².